The van der Waals surface area contributed by atoms with Crippen molar-refractivity contribution < 1.29 is 0 Å². The molecule has 0 aromatic carbocycles. The van der Waals surface area contributed by atoms with Crippen LogP contribution < -0.4 is 5.73 Å². The Labute approximate surface area is 151 Å². The number of nitrogens with two attached hydrogens (primary N) is 1. The van der Waals surface area contributed by atoms with Gasteiger partial charge in [-0.15, -0.1) is 0 Å². The minimum atomic E-state index is -0.622. The summed E-state index contributed by atoms with van der Waals surface area (Å²) in [6, 6.07) is 2.08. The molecule has 2 atom stereocenters. The Balaban J connectivity index is 2.04. The van der Waals surface area contributed by atoms with Crippen LogP contribution in [0.3, 0.4) is 0 Å². The third kappa shape index (κ3) is 3.01. The second-order valence-corrected chi connectivity index (χ2v) is 7.83. The lowest BCUT2D eigenvalue weighted by atomic mass is 9.86. The van der Waals surface area contributed by atoms with E-state index in [1.165, 1.54) is 5.56 Å². The van der Waals surface area contributed by atoms with Crippen LogP contribution in [0, 0.1) is 0 Å². The molecule has 2 aromatic rings. The van der Waals surface area contributed by atoms with E-state index in [1.54, 1.807) is 0 Å². The molecule has 2 unspecified atom stereocenters. The topological polar surface area (TPSA) is 79.4 Å². The molecule has 5 nitrogen and oxygen atoms in total. The Bertz CT molecular complexity index is 875. The molecule has 0 spiro atoms. The van der Waals surface area contributed by atoms with Crippen molar-refractivity contribution in [2.45, 2.75) is 45.2 Å². The van der Waals surface area contributed by atoms with Crippen LogP contribution in [-0.2, 0) is 5.41 Å². The Hall–Kier alpha value is -1.63. The summed E-state index contributed by atoms with van der Waals surface area (Å²) in [5, 5.41) is 1.40. The highest BCUT2D eigenvalue weighted by atomic mass is 35.5. The molecule has 2 aromatic heterocycles. The number of nitrogens with one attached hydrogen (secondary N) is 1. The maximum atomic E-state index is 6.07. The SMILES string of the molecule is CC(C1=NC(N)C(=S)C(Cl)=N1)c1cc2c(C(C)(C)C)c[nH]c2cn1. The molecule has 126 valence electrons. The summed E-state index contributed by atoms with van der Waals surface area (Å²) >= 11 is 11.2. The lowest BCUT2D eigenvalue weighted by Gasteiger charge is -2.20. The number of amidine groups is 1. The molecule has 0 saturated carbocycles. The number of hydrogen-bond donors (Lipinski definition) is 2. The Morgan fingerprint density at radius 1 is 1.38 bits per heavy atom. The van der Waals surface area contributed by atoms with Crippen LogP contribution in [0.25, 0.3) is 10.9 Å². The minimum Gasteiger partial charge on any atom is -0.360 e. The molecule has 3 heterocycles. The van der Waals surface area contributed by atoms with E-state index >= 15 is 0 Å². The fraction of sp³-hybridized carbons (Fsp3) is 0.412. The average Bonchev–Trinajstić information content (AvgIpc) is 2.94. The third-order valence-electron chi connectivity index (χ3n) is 4.18. The van der Waals surface area contributed by atoms with Crippen LogP contribution in [0.4, 0.5) is 0 Å². The number of rotatable bonds is 2. The van der Waals surface area contributed by atoms with Crippen LogP contribution >= 0.6 is 23.8 Å². The van der Waals surface area contributed by atoms with Crippen molar-refractivity contribution in [2.75, 3.05) is 0 Å². The third-order valence-corrected chi connectivity index (χ3v) is 5.02. The molecular weight excluding hydrogens is 342 g/mol. The van der Waals surface area contributed by atoms with Crippen LogP contribution in [0.1, 0.15) is 44.9 Å². The van der Waals surface area contributed by atoms with Crippen molar-refractivity contribution in [1.82, 2.24) is 9.97 Å². The standard InChI is InChI=1S/C17H20ClN5S/c1-8(16-22-14(18)13(24)15(19)23-16)11-5-9-10(17(2,3)4)6-20-12(9)7-21-11/h5-8,15,20H,19H2,1-4H3. The van der Waals surface area contributed by atoms with Crippen molar-refractivity contribution in [3.8, 4) is 0 Å². The molecule has 0 aliphatic carbocycles. The second-order valence-electron chi connectivity index (χ2n) is 7.03. The zero-order chi connectivity index (χ0) is 17.6. The molecule has 3 rings (SSSR count). The lowest BCUT2D eigenvalue weighted by molar-refractivity contribution is 0.595. The first kappa shape index (κ1) is 17.2. The summed E-state index contributed by atoms with van der Waals surface area (Å²) in [4.78, 5) is 16.9. The number of aromatic nitrogens is 2. The van der Waals surface area contributed by atoms with Gasteiger partial charge in [0.05, 0.1) is 28.2 Å². The van der Waals surface area contributed by atoms with E-state index in [1.807, 2.05) is 19.3 Å². The first-order chi connectivity index (χ1) is 11.2. The van der Waals surface area contributed by atoms with Crippen molar-refractivity contribution in [3.63, 3.8) is 0 Å². The summed E-state index contributed by atoms with van der Waals surface area (Å²) in [7, 11) is 0. The second kappa shape index (κ2) is 6.02. The molecule has 1 aliphatic rings. The average molecular weight is 362 g/mol. The summed E-state index contributed by atoms with van der Waals surface area (Å²) in [6.07, 6.45) is 3.27. The summed E-state index contributed by atoms with van der Waals surface area (Å²) in [6.45, 7) is 8.56. The highest BCUT2D eigenvalue weighted by molar-refractivity contribution is 7.82. The molecule has 3 N–H and O–H groups in total. The van der Waals surface area contributed by atoms with Gasteiger partial charge in [-0.2, -0.15) is 0 Å². The van der Waals surface area contributed by atoms with Crippen molar-refractivity contribution in [2.24, 2.45) is 15.7 Å². The molecule has 0 radical (unpaired) electrons. The molecule has 0 saturated heterocycles. The molecule has 0 amide bonds. The zero-order valence-electron chi connectivity index (χ0n) is 14.1. The minimum absolute atomic E-state index is 0.0401. The molecular formula is C17H20ClN5S. The summed E-state index contributed by atoms with van der Waals surface area (Å²) < 4.78 is 0. The van der Waals surface area contributed by atoms with Gasteiger partial charge in [-0.25, -0.2) is 9.98 Å². The number of thiocarbonyl (C=S) groups is 1. The van der Waals surface area contributed by atoms with Crippen molar-refractivity contribution in [1.29, 1.82) is 0 Å². The Morgan fingerprint density at radius 3 is 2.71 bits per heavy atom. The number of halogens is 1. The lowest BCUT2D eigenvalue weighted by Crippen LogP contribution is -2.36. The van der Waals surface area contributed by atoms with E-state index < -0.39 is 6.17 Å². The maximum Gasteiger partial charge on any atom is 0.148 e. The maximum absolute atomic E-state index is 6.07. The smallest absolute Gasteiger partial charge is 0.148 e. The van der Waals surface area contributed by atoms with Gasteiger partial charge in [0.2, 0.25) is 0 Å². The van der Waals surface area contributed by atoms with Crippen LogP contribution in [0.2, 0.25) is 0 Å². The van der Waals surface area contributed by atoms with Gasteiger partial charge in [-0.05, 0) is 24.0 Å². The molecule has 7 heteroatoms. The van der Waals surface area contributed by atoms with Gasteiger partial charge >= 0.3 is 0 Å². The first-order valence-electron chi connectivity index (χ1n) is 7.77. The predicted octanol–water partition coefficient (Wildman–Crippen LogP) is 3.67. The van der Waals surface area contributed by atoms with E-state index in [-0.39, 0.29) is 16.5 Å². The molecule has 0 bridgehead atoms. The fourth-order valence-electron chi connectivity index (χ4n) is 2.74. The first-order valence-corrected chi connectivity index (χ1v) is 8.56. The van der Waals surface area contributed by atoms with Crippen LogP contribution in [-0.4, -0.2) is 32.0 Å². The molecule has 24 heavy (non-hydrogen) atoms. The van der Waals surface area contributed by atoms with Crippen LogP contribution in [0.5, 0.6) is 0 Å². The van der Waals surface area contributed by atoms with Gasteiger partial charge < -0.3 is 10.7 Å². The zero-order valence-corrected chi connectivity index (χ0v) is 15.7. The summed E-state index contributed by atoms with van der Waals surface area (Å²) in [5.41, 5.74) is 9.09. The molecule has 0 fully saturated rings. The monoisotopic (exact) mass is 361 g/mol. The van der Waals surface area contributed by atoms with E-state index in [9.17, 15) is 0 Å². The number of nitrogens with zero attached hydrogens (tertiary/aromatic N) is 3. The number of hydrogen-bond acceptors (Lipinski definition) is 5. The fourth-order valence-corrected chi connectivity index (χ4v) is 3.04. The van der Waals surface area contributed by atoms with Gasteiger partial charge in [0.1, 0.15) is 17.2 Å². The van der Waals surface area contributed by atoms with Gasteiger partial charge in [0, 0.05) is 11.6 Å². The number of aliphatic imine (C=N–C) groups is 2. The van der Waals surface area contributed by atoms with Gasteiger partial charge in [-0.3, -0.25) is 4.98 Å². The van der Waals surface area contributed by atoms with E-state index in [4.69, 9.17) is 29.6 Å². The highest BCUT2D eigenvalue weighted by Crippen LogP contribution is 2.31. The number of aromatic amines is 1. The normalized spacial score (nSPS) is 20.1. The van der Waals surface area contributed by atoms with Gasteiger partial charge in [0.15, 0.2) is 0 Å². The Kier molecular flexibility index (Phi) is 4.32. The van der Waals surface area contributed by atoms with Crippen molar-refractivity contribution in [3.05, 3.63) is 29.7 Å². The predicted molar refractivity (Wildman–Crippen MR) is 105 cm³/mol. The number of fused-ring (bicyclic) bond motifs is 1. The van der Waals surface area contributed by atoms with Gasteiger partial charge in [-0.1, -0.05) is 44.6 Å². The van der Waals surface area contributed by atoms with Gasteiger partial charge in [0.25, 0.3) is 0 Å². The Morgan fingerprint density at radius 2 is 2.08 bits per heavy atom. The quantitative estimate of drug-likeness (QED) is 0.801. The van der Waals surface area contributed by atoms with E-state index in [2.05, 4.69) is 46.8 Å². The van der Waals surface area contributed by atoms with E-state index in [0.717, 1.165) is 16.6 Å². The van der Waals surface area contributed by atoms with Crippen LogP contribution in [0.15, 0.2) is 28.4 Å². The highest BCUT2D eigenvalue weighted by Gasteiger charge is 2.25. The number of pyridine rings is 1. The summed E-state index contributed by atoms with van der Waals surface area (Å²) in [5.74, 6) is 0.431. The van der Waals surface area contributed by atoms with Crippen molar-refractivity contribution >= 4 is 50.6 Å². The molecule has 1 aliphatic heterocycles. The number of H-pyrrole nitrogens is 1. The largest absolute Gasteiger partial charge is 0.360 e. The van der Waals surface area contributed by atoms with E-state index in [0.29, 0.717) is 10.7 Å².